The highest BCUT2D eigenvalue weighted by Gasteiger charge is 2.32. The van der Waals surface area contributed by atoms with Gasteiger partial charge in [0.25, 0.3) is 0 Å². The van der Waals surface area contributed by atoms with Gasteiger partial charge in [0.2, 0.25) is 11.8 Å². The van der Waals surface area contributed by atoms with Crippen molar-refractivity contribution in [2.75, 3.05) is 5.32 Å². The Morgan fingerprint density at radius 3 is 2.83 bits per heavy atom. The topological polar surface area (TPSA) is 70.6 Å². The maximum Gasteiger partial charge on any atom is 0.240 e. The Balaban J connectivity index is 1.94. The van der Waals surface area contributed by atoms with Crippen LogP contribution in [-0.4, -0.2) is 28.3 Å². The number of amides is 2. The molecule has 23 heavy (non-hydrogen) atoms. The summed E-state index contributed by atoms with van der Waals surface area (Å²) in [4.78, 5) is 28.4. The van der Waals surface area contributed by atoms with E-state index in [0.29, 0.717) is 20.9 Å². The second kappa shape index (κ2) is 8.04. The SMILES string of the molecule is CC[C@@H](C)N=C1NC(=O)[C@@H](CC(=O)Nc2ccc(Cl)c(Cl)c2)S1. The largest absolute Gasteiger partial charge is 0.326 e. The molecule has 1 saturated heterocycles. The highest BCUT2D eigenvalue weighted by Crippen LogP contribution is 2.26. The minimum Gasteiger partial charge on any atom is -0.326 e. The van der Waals surface area contributed by atoms with Crippen molar-refractivity contribution in [3.05, 3.63) is 28.2 Å². The van der Waals surface area contributed by atoms with Crippen LogP contribution in [0.3, 0.4) is 0 Å². The number of aliphatic imine (C=N–C) groups is 1. The molecule has 5 nitrogen and oxygen atoms in total. The number of hydrogen-bond donors (Lipinski definition) is 2. The van der Waals surface area contributed by atoms with E-state index in [0.717, 1.165) is 6.42 Å². The first-order chi connectivity index (χ1) is 10.9. The van der Waals surface area contributed by atoms with Gasteiger partial charge < -0.3 is 10.6 Å². The Morgan fingerprint density at radius 2 is 2.17 bits per heavy atom. The first-order valence-corrected chi connectivity index (χ1v) is 8.82. The van der Waals surface area contributed by atoms with Gasteiger partial charge in [0.1, 0.15) is 5.25 Å². The van der Waals surface area contributed by atoms with Crippen LogP contribution in [-0.2, 0) is 9.59 Å². The van der Waals surface area contributed by atoms with Crippen LogP contribution >= 0.6 is 35.0 Å². The third-order valence-corrected chi connectivity index (χ3v) is 5.11. The fourth-order valence-corrected chi connectivity index (χ4v) is 3.22. The second-order valence-corrected chi connectivity index (χ2v) is 7.17. The first-order valence-electron chi connectivity index (χ1n) is 7.19. The van der Waals surface area contributed by atoms with Gasteiger partial charge in [0.15, 0.2) is 5.17 Å². The van der Waals surface area contributed by atoms with Crippen LogP contribution in [0.1, 0.15) is 26.7 Å². The van der Waals surface area contributed by atoms with Gasteiger partial charge in [-0.25, -0.2) is 0 Å². The number of carbonyl (C=O) groups excluding carboxylic acids is 2. The van der Waals surface area contributed by atoms with E-state index in [1.165, 1.54) is 11.8 Å². The lowest BCUT2D eigenvalue weighted by Gasteiger charge is -2.08. The molecule has 0 spiro atoms. The minimum atomic E-state index is -0.472. The van der Waals surface area contributed by atoms with Crippen molar-refractivity contribution in [1.29, 1.82) is 0 Å². The number of carbonyl (C=O) groups is 2. The lowest BCUT2D eigenvalue weighted by atomic mass is 10.2. The summed E-state index contributed by atoms with van der Waals surface area (Å²) >= 11 is 13.0. The number of amidine groups is 1. The van der Waals surface area contributed by atoms with Gasteiger partial charge in [0, 0.05) is 18.2 Å². The normalized spacial score (nSPS) is 20.4. The molecule has 0 saturated carbocycles. The van der Waals surface area contributed by atoms with Gasteiger partial charge in [-0.05, 0) is 31.5 Å². The maximum atomic E-state index is 12.1. The third kappa shape index (κ3) is 5.12. The Bertz CT molecular complexity index is 652. The summed E-state index contributed by atoms with van der Waals surface area (Å²) in [6, 6.07) is 4.97. The monoisotopic (exact) mass is 373 g/mol. The highest BCUT2D eigenvalue weighted by atomic mass is 35.5. The lowest BCUT2D eigenvalue weighted by molar-refractivity contribution is -0.122. The number of hydrogen-bond acceptors (Lipinski definition) is 4. The van der Waals surface area contributed by atoms with Crippen molar-refractivity contribution in [3.63, 3.8) is 0 Å². The van der Waals surface area contributed by atoms with Crippen LogP contribution < -0.4 is 10.6 Å². The Morgan fingerprint density at radius 1 is 1.43 bits per heavy atom. The standard InChI is InChI=1S/C15H17Cl2N3O2S/c1-3-8(2)18-15-20-14(22)12(23-15)7-13(21)19-9-4-5-10(16)11(17)6-9/h4-6,8,12H,3,7H2,1-2H3,(H,19,21)(H,18,20,22)/t8-,12-/m1/s1. The molecule has 124 valence electrons. The van der Waals surface area contributed by atoms with Gasteiger partial charge in [-0.2, -0.15) is 0 Å². The smallest absolute Gasteiger partial charge is 0.240 e. The average molecular weight is 374 g/mol. The minimum absolute atomic E-state index is 0.0657. The molecule has 0 aliphatic carbocycles. The van der Waals surface area contributed by atoms with E-state index in [4.69, 9.17) is 23.2 Å². The molecule has 2 atom stereocenters. The molecular formula is C15H17Cl2N3O2S. The van der Waals surface area contributed by atoms with Crippen molar-refractivity contribution in [3.8, 4) is 0 Å². The van der Waals surface area contributed by atoms with Crippen molar-refractivity contribution in [2.45, 2.75) is 38.0 Å². The predicted octanol–water partition coefficient (Wildman–Crippen LogP) is 3.71. The van der Waals surface area contributed by atoms with Gasteiger partial charge in [-0.3, -0.25) is 14.6 Å². The molecule has 8 heteroatoms. The van der Waals surface area contributed by atoms with Gasteiger partial charge in [-0.15, -0.1) is 0 Å². The number of anilines is 1. The molecule has 1 heterocycles. The molecule has 0 radical (unpaired) electrons. The van der Waals surface area contributed by atoms with Gasteiger partial charge >= 0.3 is 0 Å². The number of nitrogens with one attached hydrogen (secondary N) is 2. The fraction of sp³-hybridized carbons (Fsp3) is 0.400. The molecular weight excluding hydrogens is 357 g/mol. The zero-order valence-electron chi connectivity index (χ0n) is 12.7. The van der Waals surface area contributed by atoms with E-state index in [1.54, 1.807) is 18.2 Å². The summed E-state index contributed by atoms with van der Waals surface area (Å²) in [5, 5.41) is 6.31. The van der Waals surface area contributed by atoms with Crippen molar-refractivity contribution in [2.24, 2.45) is 4.99 Å². The summed E-state index contributed by atoms with van der Waals surface area (Å²) in [7, 11) is 0. The quantitative estimate of drug-likeness (QED) is 0.826. The molecule has 2 rings (SSSR count). The van der Waals surface area contributed by atoms with E-state index in [-0.39, 0.29) is 24.3 Å². The molecule has 0 bridgehead atoms. The molecule has 1 aliphatic rings. The Kier molecular flexibility index (Phi) is 6.33. The number of thioether (sulfide) groups is 1. The van der Waals surface area contributed by atoms with E-state index in [2.05, 4.69) is 15.6 Å². The molecule has 2 N–H and O–H groups in total. The summed E-state index contributed by atoms with van der Waals surface area (Å²) in [6.45, 7) is 4.00. The maximum absolute atomic E-state index is 12.1. The van der Waals surface area contributed by atoms with Crippen LogP contribution in [0.25, 0.3) is 0 Å². The lowest BCUT2D eigenvalue weighted by Crippen LogP contribution is -2.28. The van der Waals surface area contributed by atoms with Gasteiger partial charge in [0.05, 0.1) is 10.0 Å². The summed E-state index contributed by atoms with van der Waals surface area (Å²) in [5.74, 6) is -0.456. The van der Waals surface area contributed by atoms with Crippen molar-refractivity contribution in [1.82, 2.24) is 5.32 Å². The molecule has 0 unspecified atom stereocenters. The number of halogens is 2. The molecule has 1 aromatic carbocycles. The number of benzene rings is 1. The zero-order chi connectivity index (χ0) is 17.0. The van der Waals surface area contributed by atoms with E-state index in [9.17, 15) is 9.59 Å². The van der Waals surface area contributed by atoms with Crippen LogP contribution in [0.5, 0.6) is 0 Å². The Hall–Kier alpha value is -1.24. The first kappa shape index (κ1) is 18.1. The Labute approximate surface area is 149 Å². The zero-order valence-corrected chi connectivity index (χ0v) is 15.1. The van der Waals surface area contributed by atoms with Crippen molar-refractivity contribution < 1.29 is 9.59 Å². The van der Waals surface area contributed by atoms with Crippen LogP contribution in [0.15, 0.2) is 23.2 Å². The van der Waals surface area contributed by atoms with Crippen LogP contribution in [0.4, 0.5) is 5.69 Å². The molecule has 1 aliphatic heterocycles. The third-order valence-electron chi connectivity index (χ3n) is 3.28. The van der Waals surface area contributed by atoms with E-state index >= 15 is 0 Å². The van der Waals surface area contributed by atoms with Crippen LogP contribution in [0, 0.1) is 0 Å². The van der Waals surface area contributed by atoms with E-state index in [1.807, 2.05) is 13.8 Å². The summed E-state index contributed by atoms with van der Waals surface area (Å²) in [5.41, 5.74) is 0.543. The predicted molar refractivity (Wildman–Crippen MR) is 96.4 cm³/mol. The second-order valence-electron chi connectivity index (χ2n) is 5.17. The molecule has 1 aromatic rings. The summed E-state index contributed by atoms with van der Waals surface area (Å²) < 4.78 is 0. The number of rotatable bonds is 5. The van der Waals surface area contributed by atoms with Crippen LogP contribution in [0.2, 0.25) is 10.0 Å². The molecule has 1 fully saturated rings. The summed E-state index contributed by atoms with van der Waals surface area (Å²) in [6.07, 6.45) is 0.957. The fourth-order valence-electron chi connectivity index (χ4n) is 1.85. The van der Waals surface area contributed by atoms with E-state index < -0.39 is 5.25 Å². The number of nitrogens with zero attached hydrogens (tertiary/aromatic N) is 1. The van der Waals surface area contributed by atoms with Crippen molar-refractivity contribution >= 4 is 57.6 Å². The highest BCUT2D eigenvalue weighted by molar-refractivity contribution is 8.15. The van der Waals surface area contributed by atoms with Gasteiger partial charge in [-0.1, -0.05) is 41.9 Å². The molecule has 2 amide bonds. The molecule has 0 aromatic heterocycles. The average Bonchev–Trinajstić information content (AvgIpc) is 2.82.